The topological polar surface area (TPSA) is 82.8 Å². The molecular weight excluding hydrogens is 258 g/mol. The van der Waals surface area contributed by atoms with Gasteiger partial charge in [-0.2, -0.15) is 10.4 Å². The number of amides is 1. The minimum atomic E-state index is -0.585. The van der Waals surface area contributed by atoms with Crippen LogP contribution in [0.1, 0.15) is 18.9 Å². The minimum absolute atomic E-state index is 0.0164. The third kappa shape index (κ3) is 2.52. The molecule has 2 rings (SSSR count). The van der Waals surface area contributed by atoms with Crippen LogP contribution in [-0.2, 0) is 14.3 Å². The lowest BCUT2D eigenvalue weighted by Crippen LogP contribution is -2.29. The van der Waals surface area contributed by atoms with Gasteiger partial charge in [0.1, 0.15) is 0 Å². The van der Waals surface area contributed by atoms with Gasteiger partial charge in [0.05, 0.1) is 36.8 Å². The monoisotopic (exact) mass is 271 g/mol. The zero-order valence-electron chi connectivity index (χ0n) is 11.2. The standard InChI is InChI=1S/C14H13N3O3/c1-9-12(7-13(18)20-2)14(19)17(16-9)11-5-3-10(8-15)4-6-11/h3-6,12H,7H2,1-2H3. The molecule has 1 aliphatic rings. The summed E-state index contributed by atoms with van der Waals surface area (Å²) < 4.78 is 4.58. The van der Waals surface area contributed by atoms with Crippen molar-refractivity contribution in [2.45, 2.75) is 13.3 Å². The summed E-state index contributed by atoms with van der Waals surface area (Å²) in [6.07, 6.45) is -0.0164. The van der Waals surface area contributed by atoms with Gasteiger partial charge in [-0.3, -0.25) is 9.59 Å². The number of nitrogens with zero attached hydrogens (tertiary/aromatic N) is 3. The molecule has 0 radical (unpaired) electrons. The highest BCUT2D eigenvalue weighted by atomic mass is 16.5. The van der Waals surface area contributed by atoms with E-state index in [4.69, 9.17) is 5.26 Å². The summed E-state index contributed by atoms with van der Waals surface area (Å²) in [5.74, 6) is -1.30. The van der Waals surface area contributed by atoms with Crippen molar-refractivity contribution in [2.24, 2.45) is 11.0 Å². The quantitative estimate of drug-likeness (QED) is 0.779. The molecule has 0 saturated heterocycles. The lowest BCUT2D eigenvalue weighted by Gasteiger charge is -2.13. The number of nitriles is 1. The molecule has 1 amide bonds. The number of hydrogen-bond donors (Lipinski definition) is 0. The Labute approximate surface area is 116 Å². The van der Waals surface area contributed by atoms with Crippen LogP contribution < -0.4 is 5.01 Å². The number of esters is 1. The van der Waals surface area contributed by atoms with Crippen molar-refractivity contribution in [3.8, 4) is 6.07 Å². The van der Waals surface area contributed by atoms with Crippen LogP contribution >= 0.6 is 0 Å². The Hall–Kier alpha value is -2.68. The Morgan fingerprint density at radius 1 is 1.45 bits per heavy atom. The fraction of sp³-hybridized carbons (Fsp3) is 0.286. The smallest absolute Gasteiger partial charge is 0.306 e. The Kier molecular flexibility index (Phi) is 3.80. The van der Waals surface area contributed by atoms with E-state index in [1.807, 2.05) is 6.07 Å². The number of carbonyl (C=O) groups is 2. The first-order chi connectivity index (χ1) is 9.56. The molecule has 0 saturated carbocycles. The second-order valence-electron chi connectivity index (χ2n) is 4.38. The molecule has 1 aliphatic heterocycles. The molecule has 102 valence electrons. The van der Waals surface area contributed by atoms with Crippen molar-refractivity contribution < 1.29 is 14.3 Å². The van der Waals surface area contributed by atoms with Crippen molar-refractivity contribution in [3.63, 3.8) is 0 Å². The van der Waals surface area contributed by atoms with Gasteiger partial charge in [-0.15, -0.1) is 0 Å². The highest BCUT2D eigenvalue weighted by Gasteiger charge is 2.36. The molecule has 0 aliphatic carbocycles. The van der Waals surface area contributed by atoms with Gasteiger partial charge in [0, 0.05) is 5.71 Å². The van der Waals surface area contributed by atoms with Gasteiger partial charge in [-0.25, -0.2) is 5.01 Å². The Balaban J connectivity index is 2.21. The minimum Gasteiger partial charge on any atom is -0.469 e. The first kappa shape index (κ1) is 13.7. The summed E-state index contributed by atoms with van der Waals surface area (Å²) in [5, 5.41) is 14.2. The fourth-order valence-electron chi connectivity index (χ4n) is 1.95. The maximum Gasteiger partial charge on any atom is 0.306 e. The molecule has 6 heteroatoms. The van der Waals surface area contributed by atoms with E-state index >= 15 is 0 Å². The maximum atomic E-state index is 12.3. The normalized spacial score (nSPS) is 17.6. The van der Waals surface area contributed by atoms with E-state index in [1.54, 1.807) is 31.2 Å². The van der Waals surface area contributed by atoms with Crippen molar-refractivity contribution in [1.82, 2.24) is 0 Å². The van der Waals surface area contributed by atoms with Gasteiger partial charge in [-0.05, 0) is 31.2 Å². The number of anilines is 1. The van der Waals surface area contributed by atoms with Crippen molar-refractivity contribution >= 4 is 23.3 Å². The summed E-state index contributed by atoms with van der Waals surface area (Å²) in [7, 11) is 1.28. The van der Waals surface area contributed by atoms with Gasteiger partial charge in [0.15, 0.2) is 0 Å². The van der Waals surface area contributed by atoms with Crippen LogP contribution in [0.15, 0.2) is 29.4 Å². The van der Waals surface area contributed by atoms with Gasteiger partial charge < -0.3 is 4.74 Å². The molecule has 1 aromatic rings. The summed E-state index contributed by atoms with van der Waals surface area (Å²) in [6, 6.07) is 8.52. The Morgan fingerprint density at radius 2 is 2.10 bits per heavy atom. The molecule has 0 fully saturated rings. The fourth-order valence-corrected chi connectivity index (χ4v) is 1.95. The number of carbonyl (C=O) groups excluding carboxylic acids is 2. The zero-order chi connectivity index (χ0) is 14.7. The average Bonchev–Trinajstić information content (AvgIpc) is 2.75. The molecule has 0 spiro atoms. The zero-order valence-corrected chi connectivity index (χ0v) is 11.2. The average molecular weight is 271 g/mol. The van der Waals surface area contributed by atoms with Crippen molar-refractivity contribution in [2.75, 3.05) is 12.1 Å². The summed E-state index contributed by atoms with van der Waals surface area (Å²) in [6.45, 7) is 1.70. The van der Waals surface area contributed by atoms with E-state index in [0.29, 0.717) is 17.0 Å². The maximum absolute atomic E-state index is 12.3. The van der Waals surface area contributed by atoms with E-state index < -0.39 is 11.9 Å². The van der Waals surface area contributed by atoms with Crippen LogP contribution in [-0.4, -0.2) is 24.7 Å². The second kappa shape index (κ2) is 5.53. The van der Waals surface area contributed by atoms with E-state index in [9.17, 15) is 9.59 Å². The van der Waals surface area contributed by atoms with E-state index in [1.165, 1.54) is 12.1 Å². The van der Waals surface area contributed by atoms with E-state index in [2.05, 4.69) is 9.84 Å². The molecule has 0 bridgehead atoms. The van der Waals surface area contributed by atoms with E-state index in [-0.39, 0.29) is 12.3 Å². The number of benzene rings is 1. The predicted octanol–water partition coefficient (Wildman–Crippen LogP) is 1.46. The SMILES string of the molecule is COC(=O)CC1C(=O)N(c2ccc(C#N)cc2)N=C1C. The number of ether oxygens (including phenoxy) is 1. The number of hydrazone groups is 1. The summed E-state index contributed by atoms with van der Waals surface area (Å²) in [5.41, 5.74) is 1.65. The summed E-state index contributed by atoms with van der Waals surface area (Å²) in [4.78, 5) is 23.6. The predicted molar refractivity (Wildman–Crippen MR) is 71.9 cm³/mol. The highest BCUT2D eigenvalue weighted by Crippen LogP contribution is 2.26. The lowest BCUT2D eigenvalue weighted by atomic mass is 10.0. The van der Waals surface area contributed by atoms with Crippen LogP contribution in [0.3, 0.4) is 0 Å². The molecule has 1 atom stereocenters. The Bertz CT molecular complexity index is 614. The van der Waals surface area contributed by atoms with Gasteiger partial charge >= 0.3 is 5.97 Å². The first-order valence-corrected chi connectivity index (χ1v) is 6.03. The molecule has 0 N–H and O–H groups in total. The third-order valence-corrected chi connectivity index (χ3v) is 3.11. The first-order valence-electron chi connectivity index (χ1n) is 6.03. The largest absolute Gasteiger partial charge is 0.469 e. The van der Waals surface area contributed by atoms with Crippen LogP contribution in [0, 0.1) is 17.2 Å². The van der Waals surface area contributed by atoms with Crippen LogP contribution in [0.5, 0.6) is 0 Å². The molecular formula is C14H13N3O3. The number of rotatable bonds is 3. The van der Waals surface area contributed by atoms with E-state index in [0.717, 1.165) is 0 Å². The number of methoxy groups -OCH3 is 1. The lowest BCUT2D eigenvalue weighted by molar-refractivity contribution is -0.142. The molecule has 1 aromatic carbocycles. The van der Waals surface area contributed by atoms with Gasteiger partial charge in [-0.1, -0.05) is 0 Å². The van der Waals surface area contributed by atoms with Crippen LogP contribution in [0.4, 0.5) is 5.69 Å². The van der Waals surface area contributed by atoms with Gasteiger partial charge in [0.2, 0.25) is 0 Å². The van der Waals surface area contributed by atoms with Crippen LogP contribution in [0.25, 0.3) is 0 Å². The van der Waals surface area contributed by atoms with Crippen LogP contribution in [0.2, 0.25) is 0 Å². The molecule has 1 heterocycles. The number of hydrogen-bond acceptors (Lipinski definition) is 5. The molecule has 1 unspecified atom stereocenters. The highest BCUT2D eigenvalue weighted by molar-refractivity contribution is 6.16. The van der Waals surface area contributed by atoms with Crippen molar-refractivity contribution in [1.29, 1.82) is 5.26 Å². The molecule has 20 heavy (non-hydrogen) atoms. The molecule has 6 nitrogen and oxygen atoms in total. The summed E-state index contributed by atoms with van der Waals surface area (Å²) >= 11 is 0. The second-order valence-corrected chi connectivity index (χ2v) is 4.38. The van der Waals surface area contributed by atoms with Gasteiger partial charge in [0.25, 0.3) is 5.91 Å². The van der Waals surface area contributed by atoms with Crippen molar-refractivity contribution in [3.05, 3.63) is 29.8 Å². The Morgan fingerprint density at radius 3 is 2.65 bits per heavy atom. The molecule has 0 aromatic heterocycles. The third-order valence-electron chi connectivity index (χ3n) is 3.11.